The summed E-state index contributed by atoms with van der Waals surface area (Å²) in [5, 5.41) is 7.10. The Morgan fingerprint density at radius 2 is 0.959 bits per heavy atom. The van der Waals surface area contributed by atoms with Gasteiger partial charge in [0.15, 0.2) is 0 Å². The van der Waals surface area contributed by atoms with Crippen molar-refractivity contribution in [3.8, 4) is 44.5 Å². The second-order valence-electron chi connectivity index (χ2n) is 12.1. The molecule has 0 saturated carbocycles. The summed E-state index contributed by atoms with van der Waals surface area (Å²) in [5.41, 5.74) is 5.43. The van der Waals surface area contributed by atoms with E-state index in [1.54, 1.807) is 18.2 Å². The van der Waals surface area contributed by atoms with E-state index in [1.165, 1.54) is 0 Å². The predicted molar refractivity (Wildman–Crippen MR) is 208 cm³/mol. The number of benzene rings is 9. The van der Waals surface area contributed by atoms with E-state index in [9.17, 15) is 0 Å². The average molecular weight is 633 g/mol. The van der Waals surface area contributed by atoms with Gasteiger partial charge in [-0.15, -0.1) is 0 Å². The van der Waals surface area contributed by atoms with Crippen molar-refractivity contribution in [1.29, 1.82) is 0 Å². The van der Waals surface area contributed by atoms with Crippen molar-refractivity contribution in [2.24, 2.45) is 0 Å². The topological polar surface area (TPSA) is 13.1 Å². The minimum atomic E-state index is -0.487. The molecule has 0 aliphatic heterocycles. The molecular weight excluding hydrogens is 593 g/mol. The summed E-state index contributed by atoms with van der Waals surface area (Å²) in [6.45, 7) is 0. The fourth-order valence-corrected chi connectivity index (χ4v) is 7.33. The van der Waals surface area contributed by atoms with Crippen molar-refractivity contribution in [1.82, 2.24) is 0 Å². The number of fused-ring (bicyclic) bond motifs is 6. The lowest BCUT2D eigenvalue weighted by molar-refractivity contribution is 0.669. The van der Waals surface area contributed by atoms with Gasteiger partial charge in [0.1, 0.15) is 11.2 Å². The van der Waals surface area contributed by atoms with Crippen molar-refractivity contribution in [2.45, 2.75) is 0 Å². The molecule has 0 N–H and O–H groups in total. The van der Waals surface area contributed by atoms with E-state index in [1.807, 2.05) is 72.8 Å². The maximum atomic E-state index is 8.96. The summed E-state index contributed by atoms with van der Waals surface area (Å²) in [7, 11) is 0. The van der Waals surface area contributed by atoms with Gasteiger partial charge in [0.05, 0.1) is 13.7 Å². The Kier molecular flexibility index (Phi) is 4.39. The van der Waals surface area contributed by atoms with Gasteiger partial charge in [-0.1, -0.05) is 157 Å². The zero-order valence-electron chi connectivity index (χ0n) is 36.0. The van der Waals surface area contributed by atoms with Crippen LogP contribution in [0.1, 0.15) is 13.7 Å². The smallest absolute Gasteiger partial charge is 0.136 e. The molecule has 0 atom stereocenters. The molecule has 0 radical (unpaired) electrons. The third kappa shape index (κ3) is 4.40. The van der Waals surface area contributed by atoms with Crippen molar-refractivity contribution in [3.63, 3.8) is 0 Å². The van der Waals surface area contributed by atoms with Crippen LogP contribution in [0, 0.1) is 0 Å². The summed E-state index contributed by atoms with van der Waals surface area (Å²) in [4.78, 5) is 0. The highest BCUT2D eigenvalue weighted by atomic mass is 16.3. The molecular formula is C48H30O. The first-order chi connectivity index (χ1) is 28.5. The molecule has 10 rings (SSSR count). The summed E-state index contributed by atoms with van der Waals surface area (Å²) in [6.07, 6.45) is 0. The van der Waals surface area contributed by atoms with Crippen molar-refractivity contribution >= 4 is 54.3 Å². The summed E-state index contributed by atoms with van der Waals surface area (Å²) >= 11 is 0. The van der Waals surface area contributed by atoms with Crippen LogP contribution < -0.4 is 0 Å². The molecule has 9 aromatic carbocycles. The molecule has 0 aliphatic rings. The van der Waals surface area contributed by atoms with E-state index >= 15 is 0 Å². The Labute approximate surface area is 298 Å². The normalized spacial score (nSPS) is 14.5. The highest BCUT2D eigenvalue weighted by Crippen LogP contribution is 2.49. The molecule has 0 amide bonds. The van der Waals surface area contributed by atoms with Gasteiger partial charge in [-0.2, -0.15) is 0 Å². The monoisotopic (exact) mass is 632 g/mol. The van der Waals surface area contributed by atoms with Crippen molar-refractivity contribution < 1.29 is 18.1 Å². The molecule has 1 nitrogen and oxygen atoms in total. The average Bonchev–Trinajstić information content (AvgIpc) is 3.62. The second kappa shape index (κ2) is 11.1. The van der Waals surface area contributed by atoms with E-state index in [0.29, 0.717) is 33.2 Å². The lowest BCUT2D eigenvalue weighted by Gasteiger charge is -2.21. The van der Waals surface area contributed by atoms with Crippen LogP contribution in [0.3, 0.4) is 0 Å². The summed E-state index contributed by atoms with van der Waals surface area (Å²) < 4.78 is 92.7. The van der Waals surface area contributed by atoms with Crippen LogP contribution in [-0.2, 0) is 0 Å². The molecule has 0 aliphatic carbocycles. The molecule has 49 heavy (non-hydrogen) atoms. The molecule has 1 aromatic heterocycles. The minimum absolute atomic E-state index is 0.0484. The number of furan rings is 1. The van der Waals surface area contributed by atoms with Gasteiger partial charge in [-0.3, -0.25) is 0 Å². The number of hydrogen-bond donors (Lipinski definition) is 0. The van der Waals surface area contributed by atoms with E-state index in [0.717, 1.165) is 54.4 Å². The van der Waals surface area contributed by atoms with Crippen molar-refractivity contribution in [3.05, 3.63) is 182 Å². The molecule has 0 unspecified atom stereocenters. The standard InChI is InChI=1S/C48H30O/c1-3-14-31(15-4-1)35-26-27-40-42(28-35)47(37-21-10-9-20-36(37)32-16-5-2-6-17-32)39-23-12-11-22-38(39)46(40)41-24-13-25-44-48(41)43-29-33-18-7-8-19-34(33)30-45(43)49-44/h1-30H/i1D,2D,3D,4D,5D,6D,14D,15D,16D,17D. The molecule has 0 fully saturated rings. The molecule has 0 saturated heterocycles. The van der Waals surface area contributed by atoms with Crippen LogP contribution in [0.5, 0.6) is 0 Å². The molecule has 0 spiro atoms. The SMILES string of the molecule is [2H]c1c([2H])c([2H])c(-c2ccc3c(-c4cccc5oc6cc7ccccc7cc6c45)c4ccccc4c(-c4ccccc4-c4c([2H])c([2H])c([2H])c([2H])c4[2H])c3c2)c([2H])c1[2H]. The Morgan fingerprint density at radius 1 is 0.367 bits per heavy atom. The van der Waals surface area contributed by atoms with Crippen LogP contribution in [-0.4, -0.2) is 0 Å². The Hall–Kier alpha value is -6.44. The highest BCUT2D eigenvalue weighted by molar-refractivity contribution is 6.27. The highest BCUT2D eigenvalue weighted by Gasteiger charge is 2.22. The zero-order valence-corrected chi connectivity index (χ0v) is 26.0. The zero-order chi connectivity index (χ0) is 41.0. The largest absolute Gasteiger partial charge is 0.456 e. The Bertz CT molecular complexity index is 3400. The number of rotatable bonds is 4. The number of hydrogen-bond acceptors (Lipinski definition) is 1. The van der Waals surface area contributed by atoms with Gasteiger partial charge < -0.3 is 4.42 Å². The van der Waals surface area contributed by atoms with Gasteiger partial charge in [-0.05, 0) is 101 Å². The van der Waals surface area contributed by atoms with Crippen LogP contribution >= 0.6 is 0 Å². The Morgan fingerprint density at radius 3 is 1.71 bits per heavy atom. The van der Waals surface area contributed by atoms with Crippen LogP contribution in [0.15, 0.2) is 186 Å². The maximum absolute atomic E-state index is 8.96. The Balaban J connectivity index is 1.39. The van der Waals surface area contributed by atoms with E-state index in [4.69, 9.17) is 18.1 Å². The van der Waals surface area contributed by atoms with Crippen molar-refractivity contribution in [2.75, 3.05) is 0 Å². The van der Waals surface area contributed by atoms with Crippen LogP contribution in [0.2, 0.25) is 0 Å². The third-order valence-corrected chi connectivity index (χ3v) is 9.41. The fourth-order valence-electron chi connectivity index (χ4n) is 7.33. The van der Waals surface area contributed by atoms with Gasteiger partial charge in [0.25, 0.3) is 0 Å². The minimum Gasteiger partial charge on any atom is -0.456 e. The van der Waals surface area contributed by atoms with Crippen LogP contribution in [0.25, 0.3) is 98.8 Å². The quantitative estimate of drug-likeness (QED) is 0.176. The van der Waals surface area contributed by atoms with E-state index < -0.39 is 36.3 Å². The fraction of sp³-hybridized carbons (Fsp3) is 0. The van der Waals surface area contributed by atoms with Gasteiger partial charge in [0, 0.05) is 10.8 Å². The molecule has 10 aromatic rings. The summed E-state index contributed by atoms with van der Waals surface area (Å²) in [6, 6.07) is 34.9. The summed E-state index contributed by atoms with van der Waals surface area (Å²) in [5.74, 6) is 0. The van der Waals surface area contributed by atoms with Gasteiger partial charge >= 0.3 is 0 Å². The first-order valence-electron chi connectivity index (χ1n) is 21.0. The molecule has 1 heterocycles. The van der Waals surface area contributed by atoms with E-state index in [-0.39, 0.29) is 35.3 Å². The maximum Gasteiger partial charge on any atom is 0.136 e. The lowest BCUT2D eigenvalue weighted by Crippen LogP contribution is -1.93. The molecule has 1 heteroatoms. The third-order valence-electron chi connectivity index (χ3n) is 9.41. The predicted octanol–water partition coefficient (Wildman–Crippen LogP) is 13.7. The first kappa shape index (κ1) is 19.4. The first-order valence-corrected chi connectivity index (χ1v) is 16.0. The molecule has 0 bridgehead atoms. The van der Waals surface area contributed by atoms with Gasteiger partial charge in [-0.25, -0.2) is 0 Å². The molecule has 228 valence electrons. The second-order valence-corrected chi connectivity index (χ2v) is 12.1. The lowest BCUT2D eigenvalue weighted by atomic mass is 9.82. The van der Waals surface area contributed by atoms with Crippen LogP contribution in [0.4, 0.5) is 0 Å². The van der Waals surface area contributed by atoms with E-state index in [2.05, 4.69) is 30.3 Å². The van der Waals surface area contributed by atoms with Gasteiger partial charge in [0.2, 0.25) is 0 Å².